The van der Waals surface area contributed by atoms with Crippen LogP contribution in [0.2, 0.25) is 0 Å². The Balaban J connectivity index is 1.92. The average molecular weight is 324 g/mol. The van der Waals surface area contributed by atoms with E-state index in [9.17, 15) is 13.2 Å². The SMILES string of the molecule is CC(c1ccccc1)N(C)CC(=O)NC1(C)CCS(=O)(=O)C1. The highest BCUT2D eigenvalue weighted by Crippen LogP contribution is 2.23. The normalized spacial score (nSPS) is 25.1. The number of sulfone groups is 1. The fourth-order valence-electron chi connectivity index (χ4n) is 2.83. The van der Waals surface area contributed by atoms with Gasteiger partial charge in [-0.3, -0.25) is 9.69 Å². The van der Waals surface area contributed by atoms with Crippen LogP contribution in [0.3, 0.4) is 0 Å². The fraction of sp³-hybridized carbons (Fsp3) is 0.562. The molecule has 0 radical (unpaired) electrons. The van der Waals surface area contributed by atoms with Crippen molar-refractivity contribution >= 4 is 15.7 Å². The smallest absolute Gasteiger partial charge is 0.234 e. The van der Waals surface area contributed by atoms with Gasteiger partial charge < -0.3 is 5.32 Å². The molecule has 1 amide bonds. The monoisotopic (exact) mass is 324 g/mol. The summed E-state index contributed by atoms with van der Waals surface area (Å²) in [4.78, 5) is 14.2. The van der Waals surface area contributed by atoms with Crippen molar-refractivity contribution < 1.29 is 13.2 Å². The Morgan fingerprint density at radius 2 is 2.00 bits per heavy atom. The van der Waals surface area contributed by atoms with Gasteiger partial charge in [0.15, 0.2) is 9.84 Å². The summed E-state index contributed by atoms with van der Waals surface area (Å²) < 4.78 is 23.2. The Kier molecular flexibility index (Phi) is 4.92. The number of likely N-dealkylation sites (N-methyl/N-ethyl adjacent to an activating group) is 1. The third kappa shape index (κ3) is 4.30. The van der Waals surface area contributed by atoms with Crippen LogP contribution < -0.4 is 5.32 Å². The topological polar surface area (TPSA) is 66.5 Å². The number of carbonyl (C=O) groups is 1. The highest BCUT2D eigenvalue weighted by molar-refractivity contribution is 7.91. The molecule has 0 bridgehead atoms. The van der Waals surface area contributed by atoms with E-state index in [0.29, 0.717) is 6.42 Å². The van der Waals surface area contributed by atoms with Gasteiger partial charge in [0, 0.05) is 6.04 Å². The molecule has 2 unspecified atom stereocenters. The molecule has 1 N–H and O–H groups in total. The largest absolute Gasteiger partial charge is 0.349 e. The Labute approximate surface area is 132 Å². The molecular weight excluding hydrogens is 300 g/mol. The first-order chi connectivity index (χ1) is 10.2. The minimum atomic E-state index is -3.02. The minimum absolute atomic E-state index is 0.0314. The molecule has 0 spiro atoms. The molecule has 5 nitrogen and oxygen atoms in total. The van der Waals surface area contributed by atoms with Gasteiger partial charge in [-0.1, -0.05) is 30.3 Å². The second-order valence-electron chi connectivity index (χ2n) is 6.45. The summed E-state index contributed by atoms with van der Waals surface area (Å²) in [6.45, 7) is 4.09. The maximum atomic E-state index is 12.2. The summed E-state index contributed by atoms with van der Waals surface area (Å²) in [6, 6.07) is 10.1. The maximum absolute atomic E-state index is 12.2. The molecule has 2 rings (SSSR count). The molecular formula is C16H24N2O3S. The lowest BCUT2D eigenvalue weighted by Gasteiger charge is -2.28. The molecule has 1 aliphatic heterocycles. The molecule has 0 saturated carbocycles. The summed E-state index contributed by atoms with van der Waals surface area (Å²) in [7, 11) is -1.12. The molecule has 0 aliphatic carbocycles. The zero-order chi connectivity index (χ0) is 16.4. The van der Waals surface area contributed by atoms with Crippen molar-refractivity contribution in [2.45, 2.75) is 31.8 Å². The summed E-state index contributed by atoms with van der Waals surface area (Å²) in [5.41, 5.74) is 0.514. The van der Waals surface area contributed by atoms with Crippen LogP contribution in [0, 0.1) is 0 Å². The van der Waals surface area contributed by atoms with Crippen LogP contribution in [-0.2, 0) is 14.6 Å². The van der Waals surface area contributed by atoms with Crippen molar-refractivity contribution in [1.29, 1.82) is 0 Å². The highest BCUT2D eigenvalue weighted by atomic mass is 32.2. The number of nitrogens with one attached hydrogen (secondary N) is 1. The molecule has 1 saturated heterocycles. The first kappa shape index (κ1) is 17.0. The van der Waals surface area contributed by atoms with E-state index in [4.69, 9.17) is 0 Å². The minimum Gasteiger partial charge on any atom is -0.349 e. The third-order valence-electron chi connectivity index (χ3n) is 4.28. The quantitative estimate of drug-likeness (QED) is 0.888. The highest BCUT2D eigenvalue weighted by Gasteiger charge is 2.39. The number of amides is 1. The van der Waals surface area contributed by atoms with Crippen molar-refractivity contribution in [2.24, 2.45) is 0 Å². The number of nitrogens with zero attached hydrogens (tertiary/aromatic N) is 1. The van der Waals surface area contributed by atoms with Crippen LogP contribution in [0.5, 0.6) is 0 Å². The zero-order valence-electron chi connectivity index (χ0n) is 13.4. The number of rotatable bonds is 5. The Bertz CT molecular complexity index is 630. The van der Waals surface area contributed by atoms with Crippen LogP contribution >= 0.6 is 0 Å². The predicted octanol–water partition coefficient (Wildman–Crippen LogP) is 1.37. The lowest BCUT2D eigenvalue weighted by Crippen LogP contribution is -2.50. The van der Waals surface area contributed by atoms with E-state index in [-0.39, 0.29) is 30.0 Å². The molecule has 1 aromatic carbocycles. The van der Waals surface area contributed by atoms with Crippen LogP contribution in [0.1, 0.15) is 31.9 Å². The van der Waals surface area contributed by atoms with Crippen molar-refractivity contribution in [3.63, 3.8) is 0 Å². The van der Waals surface area contributed by atoms with E-state index in [2.05, 4.69) is 5.32 Å². The molecule has 1 aromatic rings. The Morgan fingerprint density at radius 3 is 2.55 bits per heavy atom. The van der Waals surface area contributed by atoms with Crippen LogP contribution in [-0.4, -0.2) is 49.9 Å². The number of hydrogen-bond donors (Lipinski definition) is 1. The number of carbonyl (C=O) groups excluding carboxylic acids is 1. The standard InChI is InChI=1S/C16H24N2O3S/c1-13(14-7-5-4-6-8-14)18(3)11-15(19)17-16(2)9-10-22(20,21)12-16/h4-8,13H,9-12H2,1-3H3,(H,17,19). The lowest BCUT2D eigenvalue weighted by atomic mass is 10.0. The van der Waals surface area contributed by atoms with Crippen molar-refractivity contribution in [3.05, 3.63) is 35.9 Å². The van der Waals surface area contributed by atoms with E-state index in [1.807, 2.05) is 49.2 Å². The van der Waals surface area contributed by atoms with E-state index >= 15 is 0 Å². The summed E-state index contributed by atoms with van der Waals surface area (Å²) in [5, 5.41) is 2.89. The number of hydrogen-bond acceptors (Lipinski definition) is 4. The van der Waals surface area contributed by atoms with Gasteiger partial charge in [-0.25, -0.2) is 8.42 Å². The van der Waals surface area contributed by atoms with Gasteiger partial charge >= 0.3 is 0 Å². The van der Waals surface area contributed by atoms with E-state index in [1.165, 1.54) is 0 Å². The first-order valence-corrected chi connectivity index (χ1v) is 9.30. The zero-order valence-corrected chi connectivity index (χ0v) is 14.2. The summed E-state index contributed by atoms with van der Waals surface area (Å²) in [6.07, 6.45) is 0.485. The molecule has 2 atom stereocenters. The molecule has 1 aliphatic rings. The number of benzene rings is 1. The average Bonchev–Trinajstić information content (AvgIpc) is 2.72. The molecule has 0 aromatic heterocycles. The maximum Gasteiger partial charge on any atom is 0.234 e. The Hall–Kier alpha value is -1.40. The Morgan fingerprint density at radius 1 is 1.36 bits per heavy atom. The fourth-order valence-corrected chi connectivity index (χ4v) is 4.93. The van der Waals surface area contributed by atoms with Crippen molar-refractivity contribution in [2.75, 3.05) is 25.1 Å². The molecule has 22 heavy (non-hydrogen) atoms. The van der Waals surface area contributed by atoms with Gasteiger partial charge in [0.1, 0.15) is 0 Å². The van der Waals surface area contributed by atoms with Crippen molar-refractivity contribution in [1.82, 2.24) is 10.2 Å². The van der Waals surface area contributed by atoms with Crippen LogP contribution in [0.4, 0.5) is 0 Å². The van der Waals surface area contributed by atoms with Gasteiger partial charge in [-0.15, -0.1) is 0 Å². The van der Waals surface area contributed by atoms with Crippen LogP contribution in [0.15, 0.2) is 30.3 Å². The van der Waals surface area contributed by atoms with Gasteiger partial charge in [0.2, 0.25) is 5.91 Å². The van der Waals surface area contributed by atoms with Crippen LogP contribution in [0.25, 0.3) is 0 Å². The molecule has 122 valence electrons. The van der Waals surface area contributed by atoms with E-state index < -0.39 is 15.4 Å². The molecule has 1 heterocycles. The summed E-state index contributed by atoms with van der Waals surface area (Å²) in [5.74, 6) is 0.0499. The van der Waals surface area contributed by atoms with E-state index in [1.54, 1.807) is 6.92 Å². The molecule has 1 fully saturated rings. The second kappa shape index (κ2) is 6.38. The first-order valence-electron chi connectivity index (χ1n) is 7.47. The second-order valence-corrected chi connectivity index (χ2v) is 8.64. The third-order valence-corrected chi connectivity index (χ3v) is 6.18. The van der Waals surface area contributed by atoms with Crippen molar-refractivity contribution in [3.8, 4) is 0 Å². The molecule has 6 heteroatoms. The van der Waals surface area contributed by atoms with Gasteiger partial charge in [-0.2, -0.15) is 0 Å². The van der Waals surface area contributed by atoms with Gasteiger partial charge in [-0.05, 0) is 32.9 Å². The van der Waals surface area contributed by atoms with Gasteiger partial charge in [0.05, 0.1) is 23.6 Å². The van der Waals surface area contributed by atoms with E-state index in [0.717, 1.165) is 5.56 Å². The summed E-state index contributed by atoms with van der Waals surface area (Å²) >= 11 is 0. The predicted molar refractivity (Wildman–Crippen MR) is 87.3 cm³/mol. The van der Waals surface area contributed by atoms with Gasteiger partial charge in [0.25, 0.3) is 0 Å². The lowest BCUT2D eigenvalue weighted by molar-refractivity contribution is -0.123.